The van der Waals surface area contributed by atoms with E-state index in [1.54, 1.807) is 0 Å². The third kappa shape index (κ3) is 1.77. The lowest BCUT2D eigenvalue weighted by molar-refractivity contribution is 0.0650. The van der Waals surface area contributed by atoms with Crippen LogP contribution in [0.25, 0.3) is 0 Å². The van der Waals surface area contributed by atoms with E-state index in [1.807, 2.05) is 0 Å². The number of carboxylic acids is 1. The second-order valence-electron chi connectivity index (χ2n) is 3.31. The minimum atomic E-state index is -1.07. The van der Waals surface area contributed by atoms with Crippen molar-refractivity contribution < 1.29 is 19.2 Å². The molecule has 0 aromatic carbocycles. The van der Waals surface area contributed by atoms with Crippen molar-refractivity contribution in [2.45, 2.75) is 18.8 Å². The van der Waals surface area contributed by atoms with Crippen molar-refractivity contribution in [3.8, 4) is 0 Å². The van der Waals surface area contributed by atoms with Gasteiger partial charge in [0.2, 0.25) is 5.76 Å². The topological polar surface area (TPSA) is 72.6 Å². The fourth-order valence-corrected chi connectivity index (χ4v) is 1.58. The Morgan fingerprint density at radius 3 is 2.79 bits per heavy atom. The average Bonchev–Trinajstić information content (AvgIpc) is 2.68. The van der Waals surface area contributed by atoms with Crippen LogP contribution >= 0.6 is 0 Å². The lowest BCUT2D eigenvalue weighted by atomic mass is 9.96. The lowest BCUT2D eigenvalue weighted by Crippen LogP contribution is -2.14. The number of hydrogen-bond acceptors (Lipinski definition) is 4. The molecule has 5 heteroatoms. The average molecular weight is 197 g/mol. The van der Waals surface area contributed by atoms with E-state index in [1.165, 1.54) is 6.07 Å². The lowest BCUT2D eigenvalue weighted by Gasteiger charge is -2.19. The molecule has 5 nitrogen and oxygen atoms in total. The van der Waals surface area contributed by atoms with Gasteiger partial charge in [0.1, 0.15) is 0 Å². The fourth-order valence-electron chi connectivity index (χ4n) is 1.58. The normalized spacial score (nSPS) is 18.3. The predicted octanol–water partition coefficient (Wildman–Crippen LogP) is 1.27. The first-order valence-corrected chi connectivity index (χ1v) is 4.55. The van der Waals surface area contributed by atoms with Crippen molar-refractivity contribution in [2.24, 2.45) is 0 Å². The van der Waals surface area contributed by atoms with E-state index >= 15 is 0 Å². The molecule has 1 aromatic rings. The van der Waals surface area contributed by atoms with Crippen LogP contribution in [-0.4, -0.2) is 29.4 Å². The van der Waals surface area contributed by atoms with E-state index in [0.29, 0.717) is 13.2 Å². The highest BCUT2D eigenvalue weighted by molar-refractivity contribution is 5.84. The van der Waals surface area contributed by atoms with Crippen LogP contribution in [0.4, 0.5) is 0 Å². The van der Waals surface area contributed by atoms with Gasteiger partial charge in [-0.2, -0.15) is 0 Å². The quantitative estimate of drug-likeness (QED) is 0.772. The zero-order valence-corrected chi connectivity index (χ0v) is 7.60. The number of nitrogens with zero attached hydrogens (tertiary/aromatic N) is 1. The molecule has 0 spiro atoms. The third-order valence-corrected chi connectivity index (χ3v) is 2.38. The summed E-state index contributed by atoms with van der Waals surface area (Å²) in [6.45, 7) is 1.42. The highest BCUT2D eigenvalue weighted by atomic mass is 16.5. The van der Waals surface area contributed by atoms with E-state index in [4.69, 9.17) is 9.84 Å². The molecule has 0 aliphatic carbocycles. The molecule has 14 heavy (non-hydrogen) atoms. The summed E-state index contributed by atoms with van der Waals surface area (Å²) in [5.41, 5.74) is 0.728. The second-order valence-corrected chi connectivity index (χ2v) is 3.31. The molecular weight excluding hydrogens is 186 g/mol. The fraction of sp³-hybridized carbons (Fsp3) is 0.556. The first kappa shape index (κ1) is 9.21. The summed E-state index contributed by atoms with van der Waals surface area (Å²) in [5, 5.41) is 12.4. The van der Waals surface area contributed by atoms with Crippen molar-refractivity contribution in [3.05, 3.63) is 17.5 Å². The Morgan fingerprint density at radius 1 is 1.50 bits per heavy atom. The minimum Gasteiger partial charge on any atom is -0.475 e. The minimum absolute atomic E-state index is 0.0912. The molecule has 0 bridgehead atoms. The maximum Gasteiger partial charge on any atom is 0.374 e. The zero-order chi connectivity index (χ0) is 9.97. The second kappa shape index (κ2) is 3.79. The van der Waals surface area contributed by atoms with Crippen molar-refractivity contribution in [2.75, 3.05) is 13.2 Å². The van der Waals surface area contributed by atoms with Crippen molar-refractivity contribution in [1.82, 2.24) is 5.16 Å². The van der Waals surface area contributed by atoms with Crippen molar-refractivity contribution >= 4 is 5.97 Å². The third-order valence-electron chi connectivity index (χ3n) is 2.38. The summed E-state index contributed by atoms with van der Waals surface area (Å²) >= 11 is 0. The Bertz CT molecular complexity index is 327. The van der Waals surface area contributed by atoms with Gasteiger partial charge in [0.05, 0.1) is 5.69 Å². The highest BCUT2D eigenvalue weighted by Gasteiger charge is 2.21. The Labute approximate surface area is 80.6 Å². The molecule has 0 unspecified atom stereocenters. The van der Waals surface area contributed by atoms with Crippen LogP contribution in [0.1, 0.15) is 35.0 Å². The summed E-state index contributed by atoms with van der Waals surface area (Å²) in [6, 6.07) is 1.50. The number of rotatable bonds is 2. The number of ether oxygens (including phenoxy) is 1. The van der Waals surface area contributed by atoms with Gasteiger partial charge in [-0.05, 0) is 12.8 Å². The van der Waals surface area contributed by atoms with Gasteiger partial charge in [-0.25, -0.2) is 4.79 Å². The monoisotopic (exact) mass is 197 g/mol. The Balaban J connectivity index is 2.11. The Hall–Kier alpha value is -1.36. The molecule has 1 saturated heterocycles. The highest BCUT2D eigenvalue weighted by Crippen LogP contribution is 2.26. The van der Waals surface area contributed by atoms with E-state index in [9.17, 15) is 4.79 Å². The summed E-state index contributed by atoms with van der Waals surface area (Å²) in [5.74, 6) is -0.886. The molecule has 2 heterocycles. The van der Waals surface area contributed by atoms with Gasteiger partial charge in [0, 0.05) is 25.2 Å². The molecule has 1 aliphatic rings. The van der Waals surface area contributed by atoms with Crippen LogP contribution in [-0.2, 0) is 4.74 Å². The summed E-state index contributed by atoms with van der Waals surface area (Å²) in [6.07, 6.45) is 1.76. The van der Waals surface area contributed by atoms with Crippen LogP contribution in [0.15, 0.2) is 10.6 Å². The van der Waals surface area contributed by atoms with Crippen LogP contribution < -0.4 is 0 Å². The summed E-state index contributed by atoms with van der Waals surface area (Å²) in [7, 11) is 0. The zero-order valence-electron chi connectivity index (χ0n) is 7.60. The number of hydrogen-bond donors (Lipinski definition) is 1. The van der Waals surface area contributed by atoms with E-state index < -0.39 is 5.97 Å². The number of aromatic carboxylic acids is 1. The van der Waals surface area contributed by atoms with Gasteiger partial charge in [0.15, 0.2) is 0 Å². The maximum atomic E-state index is 10.5. The largest absolute Gasteiger partial charge is 0.475 e. The Morgan fingerprint density at radius 2 is 2.21 bits per heavy atom. The number of carbonyl (C=O) groups is 1. The van der Waals surface area contributed by atoms with Crippen LogP contribution in [0, 0.1) is 0 Å². The van der Waals surface area contributed by atoms with Crippen LogP contribution in [0.3, 0.4) is 0 Å². The first-order chi connectivity index (χ1) is 6.77. The predicted molar refractivity (Wildman–Crippen MR) is 46.3 cm³/mol. The van der Waals surface area contributed by atoms with E-state index in [0.717, 1.165) is 18.5 Å². The number of aromatic nitrogens is 1. The standard InChI is InChI=1S/C9H11NO4/c11-9(12)8-5-7(10-14-8)6-1-3-13-4-2-6/h5-6H,1-4H2,(H,11,12). The number of carboxylic acid groups (broad SMARTS) is 1. The van der Waals surface area contributed by atoms with Crippen molar-refractivity contribution in [3.63, 3.8) is 0 Å². The molecule has 76 valence electrons. The molecule has 0 atom stereocenters. The molecule has 1 fully saturated rings. The molecule has 1 aliphatic heterocycles. The van der Waals surface area contributed by atoms with Crippen LogP contribution in [0.2, 0.25) is 0 Å². The molecule has 0 saturated carbocycles. The SMILES string of the molecule is O=C(O)c1cc(C2CCOCC2)no1. The Kier molecular flexibility index (Phi) is 2.49. The van der Waals surface area contributed by atoms with Gasteiger partial charge >= 0.3 is 5.97 Å². The first-order valence-electron chi connectivity index (χ1n) is 4.55. The van der Waals surface area contributed by atoms with Gasteiger partial charge in [-0.15, -0.1) is 0 Å². The van der Waals surface area contributed by atoms with Crippen molar-refractivity contribution in [1.29, 1.82) is 0 Å². The molecule has 2 rings (SSSR count). The molecule has 1 aromatic heterocycles. The smallest absolute Gasteiger partial charge is 0.374 e. The van der Waals surface area contributed by atoms with Gasteiger partial charge in [-0.3, -0.25) is 0 Å². The van der Waals surface area contributed by atoms with E-state index in [2.05, 4.69) is 9.68 Å². The van der Waals surface area contributed by atoms with Gasteiger partial charge in [0.25, 0.3) is 0 Å². The van der Waals surface area contributed by atoms with Crippen LogP contribution in [0.5, 0.6) is 0 Å². The molecule has 0 radical (unpaired) electrons. The maximum absolute atomic E-state index is 10.5. The summed E-state index contributed by atoms with van der Waals surface area (Å²) in [4.78, 5) is 10.5. The van der Waals surface area contributed by atoms with Gasteiger partial charge in [-0.1, -0.05) is 5.16 Å². The molecule has 1 N–H and O–H groups in total. The summed E-state index contributed by atoms with van der Waals surface area (Å²) < 4.78 is 9.89. The molecular formula is C9H11NO4. The molecule has 0 amide bonds. The van der Waals surface area contributed by atoms with Gasteiger partial charge < -0.3 is 14.4 Å². The van der Waals surface area contributed by atoms with E-state index in [-0.39, 0.29) is 11.7 Å².